The van der Waals surface area contributed by atoms with Crippen LogP contribution in [0.5, 0.6) is 0 Å². The van der Waals surface area contributed by atoms with E-state index >= 15 is 0 Å². The third kappa shape index (κ3) is 3.34. The zero-order valence-corrected chi connectivity index (χ0v) is 10.1. The van der Waals surface area contributed by atoms with Crippen LogP contribution in [0.3, 0.4) is 0 Å². The highest BCUT2D eigenvalue weighted by molar-refractivity contribution is 4.91. The van der Waals surface area contributed by atoms with E-state index in [9.17, 15) is 0 Å². The van der Waals surface area contributed by atoms with E-state index in [1.165, 1.54) is 5.69 Å². The maximum atomic E-state index is 3.70. The first kappa shape index (κ1) is 12.4. The molecule has 3 heteroatoms. The Balaban J connectivity index is 0.00000144. The average Bonchev–Trinajstić information content (AvgIpc) is 2.34. The molecule has 0 saturated heterocycles. The zero-order chi connectivity index (χ0) is 8.97. The summed E-state index contributed by atoms with van der Waals surface area (Å²) >= 11 is 0. The lowest BCUT2D eigenvalue weighted by Gasteiger charge is -1.89. The average molecular weight is 290 g/mol. The quantitative estimate of drug-likeness (QED) is 0.361. The second-order valence-electron chi connectivity index (χ2n) is 2.81. The summed E-state index contributed by atoms with van der Waals surface area (Å²) in [4.78, 5) is 0. The highest BCUT2D eigenvalue weighted by Gasteiger charge is 2.05. The molecule has 0 aliphatic carbocycles. The summed E-state index contributed by atoms with van der Waals surface area (Å²) < 4.78 is 4.25. The molecule has 0 unspecified atom stereocenters. The molecule has 1 aromatic rings. The third-order valence-corrected chi connectivity index (χ3v) is 1.76. The van der Waals surface area contributed by atoms with Gasteiger partial charge in [-0.05, 0) is 0 Å². The van der Waals surface area contributed by atoms with Gasteiger partial charge >= 0.3 is 0 Å². The molecular formula is C10H15IN2. The molecule has 0 saturated carbocycles. The summed E-state index contributed by atoms with van der Waals surface area (Å²) in [6, 6.07) is 0. The summed E-state index contributed by atoms with van der Waals surface area (Å²) in [5.41, 5.74) is 1.25. The van der Waals surface area contributed by atoms with Crippen LogP contribution in [0.15, 0.2) is 37.8 Å². The Morgan fingerprint density at radius 1 is 1.46 bits per heavy atom. The number of hydrogen-bond acceptors (Lipinski definition) is 0. The monoisotopic (exact) mass is 290 g/mol. The molecule has 72 valence electrons. The predicted octanol–water partition coefficient (Wildman–Crippen LogP) is -1.54. The van der Waals surface area contributed by atoms with E-state index in [1.807, 2.05) is 12.2 Å². The summed E-state index contributed by atoms with van der Waals surface area (Å²) in [5.74, 6) is 0. The van der Waals surface area contributed by atoms with Crippen molar-refractivity contribution in [1.82, 2.24) is 4.57 Å². The number of aryl methyl sites for hydroxylation is 1. The Morgan fingerprint density at radius 3 is 2.69 bits per heavy atom. The van der Waals surface area contributed by atoms with E-state index in [2.05, 4.69) is 41.7 Å². The van der Waals surface area contributed by atoms with Crippen LogP contribution >= 0.6 is 0 Å². The number of imidazole rings is 1. The number of allylic oxidation sites excluding steroid dienone is 2. The molecule has 0 spiro atoms. The molecule has 0 bridgehead atoms. The largest absolute Gasteiger partial charge is 1.00 e. The predicted molar refractivity (Wildman–Crippen MR) is 49.8 cm³/mol. The van der Waals surface area contributed by atoms with Crippen molar-refractivity contribution in [2.45, 2.75) is 20.0 Å². The third-order valence-electron chi connectivity index (χ3n) is 1.76. The molecule has 0 amide bonds. The molecule has 0 aliphatic heterocycles. The first-order valence-corrected chi connectivity index (χ1v) is 4.05. The fourth-order valence-electron chi connectivity index (χ4n) is 1.20. The van der Waals surface area contributed by atoms with E-state index in [0.29, 0.717) is 0 Å². The molecule has 0 radical (unpaired) electrons. The molecule has 0 fully saturated rings. The molecule has 1 heterocycles. The fourth-order valence-corrected chi connectivity index (χ4v) is 1.20. The van der Waals surface area contributed by atoms with Gasteiger partial charge in [-0.25, -0.2) is 9.13 Å². The van der Waals surface area contributed by atoms with Crippen LogP contribution in [-0.4, -0.2) is 4.57 Å². The van der Waals surface area contributed by atoms with Crippen LogP contribution in [0.25, 0.3) is 0 Å². The zero-order valence-electron chi connectivity index (χ0n) is 7.91. The van der Waals surface area contributed by atoms with Gasteiger partial charge in [0.2, 0.25) is 6.33 Å². The van der Waals surface area contributed by atoms with Gasteiger partial charge in [-0.1, -0.05) is 25.3 Å². The van der Waals surface area contributed by atoms with Crippen LogP contribution in [0.2, 0.25) is 0 Å². The standard InChI is InChI=1S/C10H15N2.HI/c1-4-6-11-8-10(3)12(9-11)7-5-2;/h4-5,8-9H,1-2,6-7H2,3H3;1H/q+1;/p-1. The van der Waals surface area contributed by atoms with Gasteiger partial charge < -0.3 is 24.0 Å². The van der Waals surface area contributed by atoms with E-state index in [-0.39, 0.29) is 24.0 Å². The number of aromatic nitrogens is 2. The molecule has 2 nitrogen and oxygen atoms in total. The van der Waals surface area contributed by atoms with E-state index in [4.69, 9.17) is 0 Å². The van der Waals surface area contributed by atoms with Gasteiger partial charge in [-0.3, -0.25) is 0 Å². The molecule has 0 aliphatic rings. The maximum absolute atomic E-state index is 3.70. The number of halogens is 1. The molecular weight excluding hydrogens is 275 g/mol. The Hall–Kier alpha value is -0.580. The highest BCUT2D eigenvalue weighted by atomic mass is 127. The van der Waals surface area contributed by atoms with Gasteiger partial charge in [-0.2, -0.15) is 0 Å². The summed E-state index contributed by atoms with van der Waals surface area (Å²) in [6.07, 6.45) is 7.95. The van der Waals surface area contributed by atoms with Crippen molar-refractivity contribution in [3.8, 4) is 0 Å². The van der Waals surface area contributed by atoms with Crippen molar-refractivity contribution in [2.75, 3.05) is 0 Å². The topological polar surface area (TPSA) is 8.81 Å². The van der Waals surface area contributed by atoms with Gasteiger partial charge in [0.05, 0.1) is 0 Å². The van der Waals surface area contributed by atoms with Crippen LogP contribution < -0.4 is 28.5 Å². The minimum absolute atomic E-state index is 0. The molecule has 1 aromatic heterocycles. The number of nitrogens with zero attached hydrogens (tertiary/aromatic N) is 2. The number of hydrogen-bond donors (Lipinski definition) is 0. The highest BCUT2D eigenvalue weighted by Crippen LogP contribution is 1.94. The molecule has 0 N–H and O–H groups in total. The normalized spacial score (nSPS) is 9.00. The van der Waals surface area contributed by atoms with Crippen molar-refractivity contribution in [3.05, 3.63) is 43.5 Å². The molecule has 0 atom stereocenters. The first-order valence-electron chi connectivity index (χ1n) is 4.05. The van der Waals surface area contributed by atoms with Crippen molar-refractivity contribution in [2.24, 2.45) is 0 Å². The van der Waals surface area contributed by atoms with Crippen LogP contribution in [0.1, 0.15) is 5.69 Å². The van der Waals surface area contributed by atoms with E-state index in [0.717, 1.165) is 13.1 Å². The molecule has 1 rings (SSSR count). The maximum Gasteiger partial charge on any atom is 0.244 e. The Morgan fingerprint density at radius 2 is 2.15 bits per heavy atom. The lowest BCUT2D eigenvalue weighted by Crippen LogP contribution is -3.00. The SMILES string of the molecule is C=CCn1c[n+](CC=C)cc1C.[I-]. The fraction of sp³-hybridized carbons (Fsp3) is 0.300. The smallest absolute Gasteiger partial charge is 0.244 e. The van der Waals surface area contributed by atoms with Gasteiger partial charge in [0.15, 0.2) is 0 Å². The van der Waals surface area contributed by atoms with Gasteiger partial charge in [0.25, 0.3) is 0 Å². The van der Waals surface area contributed by atoms with Crippen LogP contribution in [0, 0.1) is 6.92 Å². The van der Waals surface area contributed by atoms with Crippen LogP contribution in [0.4, 0.5) is 0 Å². The van der Waals surface area contributed by atoms with Gasteiger partial charge in [-0.15, -0.1) is 0 Å². The van der Waals surface area contributed by atoms with Crippen LogP contribution in [-0.2, 0) is 13.1 Å². The molecule has 0 aromatic carbocycles. The summed E-state index contributed by atoms with van der Waals surface area (Å²) in [5, 5.41) is 0. The minimum Gasteiger partial charge on any atom is -1.00 e. The Bertz CT molecular complexity index is 289. The minimum atomic E-state index is 0. The van der Waals surface area contributed by atoms with Crippen molar-refractivity contribution in [3.63, 3.8) is 0 Å². The van der Waals surface area contributed by atoms with E-state index in [1.54, 1.807) is 0 Å². The van der Waals surface area contributed by atoms with Gasteiger partial charge in [0.1, 0.15) is 25.0 Å². The summed E-state index contributed by atoms with van der Waals surface area (Å²) in [6.45, 7) is 11.2. The summed E-state index contributed by atoms with van der Waals surface area (Å²) in [7, 11) is 0. The van der Waals surface area contributed by atoms with Crippen molar-refractivity contribution in [1.29, 1.82) is 0 Å². The first-order chi connectivity index (χ1) is 5.77. The van der Waals surface area contributed by atoms with E-state index < -0.39 is 0 Å². The molecule has 13 heavy (non-hydrogen) atoms. The second-order valence-corrected chi connectivity index (χ2v) is 2.81. The Labute approximate surface area is 96.6 Å². The Kier molecular flexibility index (Phi) is 5.70. The van der Waals surface area contributed by atoms with Crippen molar-refractivity contribution < 1.29 is 28.5 Å². The van der Waals surface area contributed by atoms with Gasteiger partial charge in [0, 0.05) is 6.92 Å². The lowest BCUT2D eigenvalue weighted by molar-refractivity contribution is -0.686. The van der Waals surface area contributed by atoms with Crippen molar-refractivity contribution >= 4 is 0 Å². The lowest BCUT2D eigenvalue weighted by atomic mass is 10.5. The number of rotatable bonds is 4. The second kappa shape index (κ2) is 5.96.